The maximum atomic E-state index is 12.0. The predicted octanol–water partition coefficient (Wildman–Crippen LogP) is 1.58. The van der Waals surface area contributed by atoms with E-state index in [2.05, 4.69) is 16.0 Å². The number of nitrogens with one attached hydrogen (secondary N) is 3. The van der Waals surface area contributed by atoms with Gasteiger partial charge in [-0.1, -0.05) is 13.3 Å². The lowest BCUT2D eigenvalue weighted by atomic mass is 10.0. The zero-order chi connectivity index (χ0) is 26.2. The predicted molar refractivity (Wildman–Crippen MR) is 143 cm³/mol. The third-order valence-electron chi connectivity index (χ3n) is 5.88. The standard InChI is InChI=1S/C22H42N3O8PS2/c1-3-20(27)34(35,29-2)33-15-14-32-13-12-31-11-10-30-9-8-23-19(26)7-5-4-6-18-21-17(16-36-18)24-22(28)25-21/h17-18,20-21,27H,3-16H2,1-2H3,(H,23,26)(H2,24,25,28). The number of fused-ring (bicyclic) bond motifs is 1. The van der Waals surface area contributed by atoms with Crippen LogP contribution in [0.1, 0.15) is 39.0 Å². The highest BCUT2D eigenvalue weighted by Gasteiger charge is 2.42. The Kier molecular flexibility index (Phi) is 15.8. The molecule has 14 heteroatoms. The number of hydrogen-bond donors (Lipinski definition) is 4. The lowest BCUT2D eigenvalue weighted by Gasteiger charge is -2.24. The summed E-state index contributed by atoms with van der Waals surface area (Å²) in [6.07, 6.45) is 3.81. The zero-order valence-corrected chi connectivity index (χ0v) is 23.8. The lowest BCUT2D eigenvalue weighted by Crippen LogP contribution is -2.36. The van der Waals surface area contributed by atoms with Crippen LogP contribution in [-0.2, 0) is 39.9 Å². The minimum Gasteiger partial charge on any atom is -0.383 e. The van der Waals surface area contributed by atoms with E-state index in [1.54, 1.807) is 0 Å². The molecule has 0 aromatic carbocycles. The first-order valence-electron chi connectivity index (χ1n) is 12.6. The average molecular weight is 572 g/mol. The molecule has 0 aromatic rings. The molecule has 2 aliphatic rings. The summed E-state index contributed by atoms with van der Waals surface area (Å²) in [5.41, 5.74) is 0. The van der Waals surface area contributed by atoms with Crippen LogP contribution in [-0.4, -0.2) is 106 Å². The fourth-order valence-electron chi connectivity index (χ4n) is 3.87. The second-order valence-electron chi connectivity index (χ2n) is 8.50. The fourth-order valence-corrected chi connectivity index (χ4v) is 7.39. The summed E-state index contributed by atoms with van der Waals surface area (Å²) in [6.45, 7) is 2.39. The second kappa shape index (κ2) is 17.9. The van der Waals surface area contributed by atoms with Gasteiger partial charge in [-0.15, -0.1) is 0 Å². The molecule has 4 N–H and O–H groups in total. The van der Waals surface area contributed by atoms with E-state index in [-0.39, 0.29) is 30.6 Å². The summed E-state index contributed by atoms with van der Waals surface area (Å²) in [5.74, 6) is 0.223. The molecule has 0 spiro atoms. The molecule has 0 aromatic heterocycles. The van der Waals surface area contributed by atoms with Gasteiger partial charge in [0.2, 0.25) is 12.4 Å². The topological polar surface area (TPSA) is 137 Å². The highest BCUT2D eigenvalue weighted by molar-refractivity contribution is 8.10. The normalized spacial score (nSPS) is 23.5. The summed E-state index contributed by atoms with van der Waals surface area (Å²) < 4.78 is 27.0. The average Bonchev–Trinajstić information content (AvgIpc) is 3.43. The van der Waals surface area contributed by atoms with Gasteiger partial charge in [-0.25, -0.2) is 4.79 Å². The summed E-state index contributed by atoms with van der Waals surface area (Å²) in [6, 6.07) is 0.409. The molecule has 11 nitrogen and oxygen atoms in total. The summed E-state index contributed by atoms with van der Waals surface area (Å²) in [5, 5.41) is 19.1. The Balaban J connectivity index is 1.32. The van der Waals surface area contributed by atoms with Crippen LogP contribution in [0.25, 0.3) is 0 Å². The summed E-state index contributed by atoms with van der Waals surface area (Å²) >= 11 is 7.16. The molecule has 0 bridgehead atoms. The molecule has 2 heterocycles. The molecule has 210 valence electrons. The first-order chi connectivity index (χ1) is 17.4. The molecule has 3 amide bonds. The van der Waals surface area contributed by atoms with Gasteiger partial charge in [-0.3, -0.25) is 4.79 Å². The Morgan fingerprint density at radius 1 is 1.14 bits per heavy atom. The summed E-state index contributed by atoms with van der Waals surface area (Å²) in [4.78, 5) is 23.4. The van der Waals surface area contributed by atoms with E-state index in [4.69, 9.17) is 35.1 Å². The van der Waals surface area contributed by atoms with Crippen LogP contribution in [0.3, 0.4) is 0 Å². The number of carbonyl (C=O) groups excluding carboxylic acids is 2. The van der Waals surface area contributed by atoms with Crippen molar-refractivity contribution in [3.63, 3.8) is 0 Å². The summed E-state index contributed by atoms with van der Waals surface area (Å²) in [7, 11) is 1.45. The maximum Gasteiger partial charge on any atom is 0.315 e. The van der Waals surface area contributed by atoms with Crippen LogP contribution < -0.4 is 16.0 Å². The Bertz CT molecular complexity index is 708. The van der Waals surface area contributed by atoms with Gasteiger partial charge in [-0.2, -0.15) is 11.8 Å². The van der Waals surface area contributed by atoms with Crippen molar-refractivity contribution in [1.29, 1.82) is 0 Å². The van der Waals surface area contributed by atoms with Crippen molar-refractivity contribution < 1.29 is 38.0 Å². The third kappa shape index (κ3) is 11.5. The van der Waals surface area contributed by atoms with Crippen LogP contribution in [0.2, 0.25) is 0 Å². The molecule has 5 atom stereocenters. The number of urea groups is 1. The number of hydrogen-bond acceptors (Lipinski definition) is 10. The minimum atomic E-state index is -2.67. The Morgan fingerprint density at radius 2 is 1.81 bits per heavy atom. The number of unbranched alkanes of at least 4 members (excludes halogenated alkanes) is 1. The van der Waals surface area contributed by atoms with E-state index in [0.29, 0.717) is 64.3 Å². The van der Waals surface area contributed by atoms with Crippen molar-refractivity contribution in [2.45, 2.75) is 62.2 Å². The molecule has 36 heavy (non-hydrogen) atoms. The molecule has 2 rings (SSSR count). The zero-order valence-electron chi connectivity index (χ0n) is 21.3. The van der Waals surface area contributed by atoms with E-state index in [9.17, 15) is 14.7 Å². The smallest absolute Gasteiger partial charge is 0.315 e. The lowest BCUT2D eigenvalue weighted by molar-refractivity contribution is -0.121. The van der Waals surface area contributed by atoms with Gasteiger partial charge in [0.1, 0.15) is 5.85 Å². The van der Waals surface area contributed by atoms with Crippen LogP contribution in [0.4, 0.5) is 4.79 Å². The molecule has 0 saturated carbocycles. The molecular weight excluding hydrogens is 529 g/mol. The van der Waals surface area contributed by atoms with Crippen molar-refractivity contribution in [3.8, 4) is 0 Å². The van der Waals surface area contributed by atoms with E-state index in [1.807, 2.05) is 18.7 Å². The Labute approximate surface area is 223 Å². The number of ether oxygens (including phenoxy) is 3. The van der Waals surface area contributed by atoms with Crippen molar-refractivity contribution in [3.05, 3.63) is 0 Å². The first kappa shape index (κ1) is 31.7. The maximum absolute atomic E-state index is 12.0. The number of aliphatic hydroxyl groups excluding tert-OH is 1. The largest absolute Gasteiger partial charge is 0.383 e. The van der Waals surface area contributed by atoms with Crippen molar-refractivity contribution in [1.82, 2.24) is 16.0 Å². The van der Waals surface area contributed by atoms with Gasteiger partial charge in [-0.05, 0) is 31.1 Å². The molecule has 2 saturated heterocycles. The molecule has 0 aliphatic carbocycles. The van der Waals surface area contributed by atoms with Crippen LogP contribution in [0, 0.1) is 0 Å². The van der Waals surface area contributed by atoms with E-state index in [1.165, 1.54) is 7.11 Å². The number of amides is 3. The molecular formula is C22H42N3O8PS2. The highest BCUT2D eigenvalue weighted by Crippen LogP contribution is 2.52. The molecule has 5 unspecified atom stereocenters. The van der Waals surface area contributed by atoms with E-state index < -0.39 is 12.3 Å². The number of thioether (sulfide) groups is 1. The molecule has 2 fully saturated rings. The van der Waals surface area contributed by atoms with Crippen molar-refractivity contribution in [2.75, 3.05) is 65.7 Å². The van der Waals surface area contributed by atoms with Gasteiger partial charge in [0.05, 0.1) is 58.3 Å². The van der Waals surface area contributed by atoms with E-state index in [0.717, 1.165) is 25.0 Å². The van der Waals surface area contributed by atoms with Crippen LogP contribution in [0.15, 0.2) is 0 Å². The highest BCUT2D eigenvalue weighted by atomic mass is 32.5. The minimum absolute atomic E-state index is 0.0360. The molecule has 2 aliphatic heterocycles. The molecule has 0 radical (unpaired) electrons. The Hall–Kier alpha value is -0.500. The van der Waals surface area contributed by atoms with Gasteiger partial charge in [0, 0.05) is 31.1 Å². The first-order valence-corrected chi connectivity index (χ1v) is 16.3. The van der Waals surface area contributed by atoms with Crippen LogP contribution >= 0.6 is 18.3 Å². The van der Waals surface area contributed by atoms with Gasteiger partial charge < -0.3 is 44.3 Å². The second-order valence-corrected chi connectivity index (χ2v) is 13.6. The van der Waals surface area contributed by atoms with Gasteiger partial charge in [0.25, 0.3) is 0 Å². The van der Waals surface area contributed by atoms with Gasteiger partial charge in [0.15, 0.2) is 0 Å². The monoisotopic (exact) mass is 571 g/mol. The van der Waals surface area contributed by atoms with Gasteiger partial charge >= 0.3 is 6.03 Å². The SMILES string of the molecule is CCC(O)P(=S)(OC)OCCOCCOCCOCCNC(=O)CCCCC1SCC2NC(=O)NC21. The van der Waals surface area contributed by atoms with Crippen molar-refractivity contribution >= 4 is 42.0 Å². The Morgan fingerprint density at radius 3 is 2.47 bits per heavy atom. The quantitative estimate of drug-likeness (QED) is 0.0913. The number of aliphatic hydroxyl groups is 1. The van der Waals surface area contributed by atoms with Crippen molar-refractivity contribution in [2.24, 2.45) is 0 Å². The van der Waals surface area contributed by atoms with E-state index >= 15 is 0 Å². The third-order valence-corrected chi connectivity index (χ3v) is 11.0. The van der Waals surface area contributed by atoms with Crippen LogP contribution in [0.5, 0.6) is 0 Å². The number of rotatable bonds is 21. The number of carbonyl (C=O) groups is 2. The fraction of sp³-hybridized carbons (Fsp3) is 0.909.